The van der Waals surface area contributed by atoms with Crippen molar-refractivity contribution in [2.24, 2.45) is 5.92 Å². The van der Waals surface area contributed by atoms with Crippen molar-refractivity contribution in [1.82, 2.24) is 10.2 Å². The highest BCUT2D eigenvalue weighted by Gasteiger charge is 2.28. The van der Waals surface area contributed by atoms with Crippen LogP contribution in [0.1, 0.15) is 23.1 Å². The number of rotatable bonds is 8. The van der Waals surface area contributed by atoms with E-state index in [0.29, 0.717) is 31.6 Å². The molecule has 6 nitrogen and oxygen atoms in total. The van der Waals surface area contributed by atoms with Gasteiger partial charge >= 0.3 is 0 Å². The molecule has 30 heavy (non-hydrogen) atoms. The Morgan fingerprint density at radius 3 is 2.53 bits per heavy atom. The average Bonchev–Trinajstić information content (AvgIpc) is 3.06. The quantitative estimate of drug-likeness (QED) is 0.695. The van der Waals surface area contributed by atoms with Gasteiger partial charge in [0.25, 0.3) is 0 Å². The van der Waals surface area contributed by atoms with E-state index in [0.717, 1.165) is 11.1 Å². The second kappa shape index (κ2) is 9.83. The Kier molecular flexibility index (Phi) is 7.19. The number of benzene rings is 2. The summed E-state index contributed by atoms with van der Waals surface area (Å²) in [6.45, 7) is 1.26. The monoisotopic (exact) mass is 429 g/mol. The summed E-state index contributed by atoms with van der Waals surface area (Å²) in [7, 11) is -2.98. The SMILES string of the molecule is N#Cc1ccc(CN(CC(=O)NCC2CCS(=O)(=O)C2)Cc2cccc(F)c2)cc1. The highest BCUT2D eigenvalue weighted by Crippen LogP contribution is 2.17. The van der Waals surface area contributed by atoms with E-state index in [1.807, 2.05) is 17.0 Å². The van der Waals surface area contributed by atoms with Gasteiger partial charge in [-0.05, 0) is 47.7 Å². The molecule has 1 N–H and O–H groups in total. The molecule has 0 aliphatic carbocycles. The van der Waals surface area contributed by atoms with E-state index < -0.39 is 9.84 Å². The predicted octanol–water partition coefficient (Wildman–Crippen LogP) is 2.25. The van der Waals surface area contributed by atoms with Crippen molar-refractivity contribution in [3.05, 3.63) is 71.0 Å². The van der Waals surface area contributed by atoms with Crippen LogP contribution < -0.4 is 5.32 Å². The molecule has 1 amide bonds. The van der Waals surface area contributed by atoms with Crippen molar-refractivity contribution in [1.29, 1.82) is 5.26 Å². The summed E-state index contributed by atoms with van der Waals surface area (Å²) in [5.74, 6) is -0.292. The number of carbonyl (C=O) groups is 1. The molecule has 1 unspecified atom stereocenters. The molecule has 1 saturated heterocycles. The molecule has 0 spiro atoms. The van der Waals surface area contributed by atoms with Crippen molar-refractivity contribution in [2.75, 3.05) is 24.6 Å². The van der Waals surface area contributed by atoms with Gasteiger partial charge in [0.2, 0.25) is 5.91 Å². The van der Waals surface area contributed by atoms with Gasteiger partial charge in [-0.3, -0.25) is 9.69 Å². The third-order valence-corrected chi connectivity index (χ3v) is 6.90. The number of hydrogen-bond donors (Lipinski definition) is 1. The van der Waals surface area contributed by atoms with E-state index in [-0.39, 0.29) is 35.7 Å². The van der Waals surface area contributed by atoms with E-state index in [1.165, 1.54) is 12.1 Å². The van der Waals surface area contributed by atoms with Crippen LogP contribution in [0.25, 0.3) is 0 Å². The minimum absolute atomic E-state index is 0.0471. The molecule has 1 atom stereocenters. The van der Waals surface area contributed by atoms with Crippen LogP contribution in [-0.4, -0.2) is 43.8 Å². The topological polar surface area (TPSA) is 90.3 Å². The van der Waals surface area contributed by atoms with Crippen molar-refractivity contribution >= 4 is 15.7 Å². The van der Waals surface area contributed by atoms with Crippen LogP contribution >= 0.6 is 0 Å². The summed E-state index contributed by atoms with van der Waals surface area (Å²) in [4.78, 5) is 14.4. The van der Waals surface area contributed by atoms with E-state index in [9.17, 15) is 17.6 Å². The van der Waals surface area contributed by atoms with Crippen LogP contribution in [0.15, 0.2) is 48.5 Å². The fourth-order valence-corrected chi connectivity index (χ4v) is 5.42. The fraction of sp³-hybridized carbons (Fsp3) is 0.364. The Morgan fingerprint density at radius 2 is 1.90 bits per heavy atom. The van der Waals surface area contributed by atoms with Crippen LogP contribution in [0.2, 0.25) is 0 Å². The van der Waals surface area contributed by atoms with E-state index in [4.69, 9.17) is 5.26 Å². The first-order chi connectivity index (χ1) is 14.3. The Hall–Kier alpha value is -2.76. The second-order valence-corrected chi connectivity index (χ2v) is 9.89. The summed E-state index contributed by atoms with van der Waals surface area (Å²) in [5, 5.41) is 11.8. The largest absolute Gasteiger partial charge is 0.355 e. The van der Waals surface area contributed by atoms with Gasteiger partial charge < -0.3 is 5.32 Å². The number of nitrogens with zero attached hydrogens (tertiary/aromatic N) is 2. The maximum Gasteiger partial charge on any atom is 0.234 e. The molecule has 8 heteroatoms. The highest BCUT2D eigenvalue weighted by molar-refractivity contribution is 7.91. The number of sulfone groups is 1. The molecule has 0 aromatic heterocycles. The molecular weight excluding hydrogens is 405 g/mol. The van der Waals surface area contributed by atoms with Gasteiger partial charge in [0.05, 0.1) is 29.7 Å². The Morgan fingerprint density at radius 1 is 1.17 bits per heavy atom. The zero-order chi connectivity index (χ0) is 21.6. The Bertz CT molecular complexity index is 1030. The normalized spacial score (nSPS) is 17.6. The lowest BCUT2D eigenvalue weighted by Crippen LogP contribution is -2.38. The van der Waals surface area contributed by atoms with Gasteiger partial charge in [0, 0.05) is 19.6 Å². The Balaban J connectivity index is 1.63. The number of nitriles is 1. The summed E-state index contributed by atoms with van der Waals surface area (Å²) in [5.41, 5.74) is 2.23. The van der Waals surface area contributed by atoms with Crippen LogP contribution in [0, 0.1) is 23.1 Å². The maximum atomic E-state index is 13.6. The van der Waals surface area contributed by atoms with Gasteiger partial charge in [-0.2, -0.15) is 5.26 Å². The van der Waals surface area contributed by atoms with Crippen LogP contribution in [0.5, 0.6) is 0 Å². The summed E-state index contributed by atoms with van der Waals surface area (Å²) >= 11 is 0. The number of amides is 1. The zero-order valence-electron chi connectivity index (χ0n) is 16.6. The molecule has 0 radical (unpaired) electrons. The molecule has 158 valence electrons. The van der Waals surface area contributed by atoms with Crippen molar-refractivity contribution < 1.29 is 17.6 Å². The van der Waals surface area contributed by atoms with Crippen molar-refractivity contribution in [2.45, 2.75) is 19.5 Å². The molecule has 1 aliphatic heterocycles. The second-order valence-electron chi connectivity index (χ2n) is 7.66. The summed E-state index contributed by atoms with van der Waals surface area (Å²) < 4.78 is 36.7. The first-order valence-electron chi connectivity index (χ1n) is 9.76. The van der Waals surface area contributed by atoms with E-state index in [1.54, 1.807) is 24.3 Å². The first kappa shape index (κ1) is 21.9. The molecule has 1 fully saturated rings. The molecular formula is C22H24FN3O3S. The third kappa shape index (κ3) is 6.65. The molecule has 0 bridgehead atoms. The molecule has 3 rings (SSSR count). The minimum Gasteiger partial charge on any atom is -0.355 e. The number of hydrogen-bond acceptors (Lipinski definition) is 5. The first-order valence-corrected chi connectivity index (χ1v) is 11.6. The van der Waals surface area contributed by atoms with Crippen molar-refractivity contribution in [3.63, 3.8) is 0 Å². The van der Waals surface area contributed by atoms with Crippen molar-refractivity contribution in [3.8, 4) is 6.07 Å². The number of halogens is 1. The molecule has 0 saturated carbocycles. The van der Waals surface area contributed by atoms with Crippen LogP contribution in [-0.2, 0) is 27.7 Å². The molecule has 2 aromatic carbocycles. The molecule has 2 aromatic rings. The maximum absolute atomic E-state index is 13.6. The molecule has 1 aliphatic rings. The van der Waals surface area contributed by atoms with E-state index in [2.05, 4.69) is 11.4 Å². The summed E-state index contributed by atoms with van der Waals surface area (Å²) in [6, 6.07) is 15.4. The minimum atomic E-state index is -2.98. The lowest BCUT2D eigenvalue weighted by atomic mass is 10.1. The van der Waals surface area contributed by atoms with Gasteiger partial charge in [0.1, 0.15) is 5.82 Å². The van der Waals surface area contributed by atoms with Crippen LogP contribution in [0.3, 0.4) is 0 Å². The smallest absolute Gasteiger partial charge is 0.234 e. The predicted molar refractivity (Wildman–Crippen MR) is 111 cm³/mol. The standard InChI is InChI=1S/C22H24FN3O3S/c23-21-3-1-2-19(10-21)14-26(13-18-6-4-17(11-24)5-7-18)15-22(27)25-12-20-8-9-30(28,29)16-20/h1-7,10,20H,8-9,12-16H2,(H,25,27). The van der Waals surface area contributed by atoms with Crippen LogP contribution in [0.4, 0.5) is 4.39 Å². The Labute approximate surface area is 176 Å². The third-order valence-electron chi connectivity index (χ3n) is 5.07. The average molecular weight is 430 g/mol. The zero-order valence-corrected chi connectivity index (χ0v) is 17.4. The van der Waals surface area contributed by atoms with Gasteiger partial charge in [-0.25, -0.2) is 12.8 Å². The highest BCUT2D eigenvalue weighted by atomic mass is 32.2. The number of carbonyl (C=O) groups excluding carboxylic acids is 1. The van der Waals surface area contributed by atoms with Gasteiger partial charge in [-0.15, -0.1) is 0 Å². The number of nitrogens with one attached hydrogen (secondary N) is 1. The lowest BCUT2D eigenvalue weighted by Gasteiger charge is -2.22. The van der Waals surface area contributed by atoms with Gasteiger partial charge in [0.15, 0.2) is 9.84 Å². The molecule has 1 heterocycles. The summed E-state index contributed by atoms with van der Waals surface area (Å²) in [6.07, 6.45) is 0.570. The fourth-order valence-electron chi connectivity index (χ4n) is 3.55. The van der Waals surface area contributed by atoms with Gasteiger partial charge in [-0.1, -0.05) is 24.3 Å². The lowest BCUT2D eigenvalue weighted by molar-refractivity contribution is -0.122. The van der Waals surface area contributed by atoms with E-state index >= 15 is 0 Å².